The Bertz CT molecular complexity index is 575. The van der Waals surface area contributed by atoms with Crippen LogP contribution in [0, 0.1) is 22.1 Å². The van der Waals surface area contributed by atoms with Crippen LogP contribution in [0.5, 0.6) is 0 Å². The monoisotopic (exact) mass is 363 g/mol. The molecule has 0 amide bonds. The molecule has 0 fully saturated rings. The van der Waals surface area contributed by atoms with Gasteiger partial charge in [0.25, 0.3) is 0 Å². The van der Waals surface area contributed by atoms with Crippen LogP contribution in [0.4, 0.5) is 14.6 Å². The first-order valence-corrected chi connectivity index (χ1v) is 6.45. The highest BCUT2D eigenvalue weighted by atomic mass is 127. The summed E-state index contributed by atoms with van der Waals surface area (Å²) < 4.78 is 29.6. The van der Waals surface area contributed by atoms with Crippen LogP contribution >= 0.6 is 22.6 Å². The van der Waals surface area contributed by atoms with Crippen molar-refractivity contribution in [2.24, 2.45) is 0 Å². The Morgan fingerprint density at radius 2 is 1.89 bits per heavy atom. The number of nitrogen functional groups attached to an aromatic ring is 1. The Kier molecular flexibility index (Phi) is 3.56. The quantitative estimate of drug-likeness (QED) is 0.833. The Hall–Kier alpha value is -1.18. The molecule has 2 aromatic rings. The van der Waals surface area contributed by atoms with Gasteiger partial charge in [0.05, 0.1) is 15.3 Å². The van der Waals surface area contributed by atoms with Crippen molar-refractivity contribution < 1.29 is 8.78 Å². The van der Waals surface area contributed by atoms with Gasteiger partial charge < -0.3 is 5.73 Å². The van der Waals surface area contributed by atoms with Gasteiger partial charge in [0, 0.05) is 5.56 Å². The normalized spacial score (nSPS) is 12.7. The minimum absolute atomic E-state index is 0.0249. The van der Waals surface area contributed by atoms with Crippen molar-refractivity contribution in [3.63, 3.8) is 0 Å². The van der Waals surface area contributed by atoms with Crippen LogP contribution in [0.3, 0.4) is 0 Å². The zero-order valence-electron chi connectivity index (χ0n) is 9.92. The number of aryl methyl sites for hydroxylation is 1. The van der Waals surface area contributed by atoms with E-state index in [0.717, 1.165) is 9.26 Å². The summed E-state index contributed by atoms with van der Waals surface area (Å²) in [5.74, 6) is -0.765. The lowest BCUT2D eigenvalue weighted by Gasteiger charge is -2.15. The maximum absolute atomic E-state index is 13.7. The number of rotatable bonds is 2. The highest BCUT2D eigenvalue weighted by Crippen LogP contribution is 2.28. The number of aromatic nitrogens is 2. The minimum Gasteiger partial charge on any atom is -0.383 e. The third kappa shape index (κ3) is 2.09. The smallest absolute Gasteiger partial charge is 0.136 e. The van der Waals surface area contributed by atoms with E-state index in [1.807, 2.05) is 0 Å². The summed E-state index contributed by atoms with van der Waals surface area (Å²) >= 11 is 2.06. The van der Waals surface area contributed by atoms with E-state index < -0.39 is 17.7 Å². The largest absolute Gasteiger partial charge is 0.383 e. The predicted molar refractivity (Wildman–Crippen MR) is 74.3 cm³/mol. The van der Waals surface area contributed by atoms with E-state index in [1.165, 1.54) is 22.9 Å². The van der Waals surface area contributed by atoms with Crippen LogP contribution < -0.4 is 5.73 Å². The zero-order chi connectivity index (χ0) is 13.4. The lowest BCUT2D eigenvalue weighted by Crippen LogP contribution is -2.14. The molecule has 2 N–H and O–H groups in total. The number of hydrogen-bond acceptors (Lipinski definition) is 2. The van der Waals surface area contributed by atoms with Crippen LogP contribution in [0.2, 0.25) is 0 Å². The summed E-state index contributed by atoms with van der Waals surface area (Å²) in [4.78, 5) is 0. The van der Waals surface area contributed by atoms with Gasteiger partial charge in [-0.15, -0.1) is 0 Å². The van der Waals surface area contributed by atoms with Crippen molar-refractivity contribution in [3.8, 4) is 0 Å². The Morgan fingerprint density at radius 3 is 2.33 bits per heavy atom. The summed E-state index contributed by atoms with van der Waals surface area (Å²) in [5.41, 5.74) is 6.61. The van der Waals surface area contributed by atoms with Gasteiger partial charge in [-0.1, -0.05) is 6.07 Å². The van der Waals surface area contributed by atoms with Crippen molar-refractivity contribution in [1.82, 2.24) is 9.78 Å². The fourth-order valence-electron chi connectivity index (χ4n) is 1.87. The second-order valence-corrected chi connectivity index (χ2v) is 5.12. The van der Waals surface area contributed by atoms with Crippen molar-refractivity contribution >= 4 is 28.4 Å². The van der Waals surface area contributed by atoms with E-state index in [9.17, 15) is 8.78 Å². The van der Waals surface area contributed by atoms with Crippen LogP contribution in [-0.4, -0.2) is 9.78 Å². The second kappa shape index (κ2) is 4.83. The van der Waals surface area contributed by atoms with Crippen molar-refractivity contribution in [1.29, 1.82) is 0 Å². The summed E-state index contributed by atoms with van der Waals surface area (Å²) in [6.07, 6.45) is 0. The summed E-state index contributed by atoms with van der Waals surface area (Å²) in [5, 5.41) is 4.22. The minimum atomic E-state index is -0.593. The van der Waals surface area contributed by atoms with Gasteiger partial charge in [-0.2, -0.15) is 5.10 Å². The molecule has 0 saturated carbocycles. The molecule has 0 spiro atoms. The topological polar surface area (TPSA) is 43.8 Å². The lowest BCUT2D eigenvalue weighted by atomic mass is 10.1. The van der Waals surface area contributed by atoms with Gasteiger partial charge in [-0.05, 0) is 48.6 Å². The summed E-state index contributed by atoms with van der Waals surface area (Å²) in [7, 11) is 0. The first-order chi connectivity index (χ1) is 8.43. The van der Waals surface area contributed by atoms with Gasteiger partial charge in [0.2, 0.25) is 0 Å². The lowest BCUT2D eigenvalue weighted by molar-refractivity contribution is 0.484. The van der Waals surface area contributed by atoms with Crippen LogP contribution in [0.25, 0.3) is 0 Å². The van der Waals surface area contributed by atoms with Gasteiger partial charge in [-0.3, -0.25) is 0 Å². The molecule has 1 atom stereocenters. The fourth-order valence-corrected chi connectivity index (χ4v) is 2.23. The highest BCUT2D eigenvalue weighted by molar-refractivity contribution is 14.1. The van der Waals surface area contributed by atoms with Crippen LogP contribution in [0.1, 0.15) is 24.2 Å². The predicted octanol–water partition coefficient (Wildman–Crippen LogP) is 3.27. The number of benzene rings is 1. The third-order valence-electron chi connectivity index (χ3n) is 2.83. The second-order valence-electron chi connectivity index (χ2n) is 4.04. The molecule has 18 heavy (non-hydrogen) atoms. The molecule has 1 heterocycles. The Morgan fingerprint density at radius 1 is 1.33 bits per heavy atom. The molecule has 1 unspecified atom stereocenters. The maximum Gasteiger partial charge on any atom is 0.136 e. The average molecular weight is 363 g/mol. The molecular formula is C12H12F2IN3. The average Bonchev–Trinajstić information content (AvgIpc) is 2.56. The molecule has 0 aliphatic carbocycles. The maximum atomic E-state index is 13.7. The first-order valence-electron chi connectivity index (χ1n) is 5.37. The molecule has 0 aliphatic heterocycles. The zero-order valence-corrected chi connectivity index (χ0v) is 12.1. The molecule has 6 heteroatoms. The molecule has 2 rings (SSSR count). The molecule has 3 nitrogen and oxygen atoms in total. The molecule has 1 aromatic carbocycles. The number of hydrogen-bond donors (Lipinski definition) is 1. The van der Waals surface area contributed by atoms with E-state index in [2.05, 4.69) is 27.7 Å². The van der Waals surface area contributed by atoms with E-state index in [-0.39, 0.29) is 5.56 Å². The van der Waals surface area contributed by atoms with Crippen molar-refractivity contribution in [3.05, 3.63) is 44.7 Å². The van der Waals surface area contributed by atoms with E-state index in [1.54, 1.807) is 13.8 Å². The van der Waals surface area contributed by atoms with E-state index in [0.29, 0.717) is 5.82 Å². The standard InChI is InChI=1S/C12H12F2IN3/c1-6-11(15)12(16)18(17-6)7(2)10-8(13)4-3-5-9(10)14/h3-5,7H,16H2,1-2H3. The number of nitrogens with two attached hydrogens (primary N) is 1. The molecule has 96 valence electrons. The molecule has 0 aliphatic rings. The first kappa shape index (κ1) is 13.3. The highest BCUT2D eigenvalue weighted by Gasteiger charge is 2.21. The third-order valence-corrected chi connectivity index (χ3v) is 4.16. The summed E-state index contributed by atoms with van der Waals surface area (Å²) in [6.45, 7) is 3.47. The fraction of sp³-hybridized carbons (Fsp3) is 0.250. The van der Waals surface area contributed by atoms with Gasteiger partial charge in [0.15, 0.2) is 0 Å². The molecule has 1 aromatic heterocycles. The Labute approximate surface area is 117 Å². The van der Waals surface area contributed by atoms with Crippen molar-refractivity contribution in [2.75, 3.05) is 5.73 Å². The number of halogens is 3. The number of anilines is 1. The van der Waals surface area contributed by atoms with Gasteiger partial charge >= 0.3 is 0 Å². The summed E-state index contributed by atoms with van der Waals surface area (Å²) in [6, 6.07) is 3.20. The Balaban J connectivity index is 2.55. The molecular weight excluding hydrogens is 351 g/mol. The van der Waals surface area contributed by atoms with Gasteiger partial charge in [0.1, 0.15) is 17.5 Å². The van der Waals surface area contributed by atoms with Crippen molar-refractivity contribution in [2.45, 2.75) is 19.9 Å². The van der Waals surface area contributed by atoms with E-state index >= 15 is 0 Å². The van der Waals surface area contributed by atoms with Gasteiger partial charge in [-0.25, -0.2) is 13.5 Å². The molecule has 0 saturated heterocycles. The van der Waals surface area contributed by atoms with E-state index in [4.69, 9.17) is 5.73 Å². The molecule has 0 radical (unpaired) electrons. The number of nitrogens with zero attached hydrogens (tertiary/aromatic N) is 2. The molecule has 0 bridgehead atoms. The van der Waals surface area contributed by atoms with Crippen LogP contribution in [0.15, 0.2) is 18.2 Å². The van der Waals surface area contributed by atoms with Crippen LogP contribution in [-0.2, 0) is 0 Å². The SMILES string of the molecule is Cc1nn(C(C)c2c(F)cccc2F)c(N)c1I.